The number of benzene rings is 1. The molecule has 0 amide bonds. The average molecular weight is 336 g/mol. The van der Waals surface area contributed by atoms with Crippen molar-refractivity contribution in [3.63, 3.8) is 0 Å². The van der Waals surface area contributed by atoms with Crippen molar-refractivity contribution in [1.29, 1.82) is 0 Å². The minimum absolute atomic E-state index is 0.220. The quantitative estimate of drug-likeness (QED) is 0.905. The summed E-state index contributed by atoms with van der Waals surface area (Å²) in [6.07, 6.45) is 1.67. The molecule has 0 aliphatic heterocycles. The average Bonchev–Trinajstić information content (AvgIpc) is 2.13. The van der Waals surface area contributed by atoms with Gasteiger partial charge in [0.05, 0.1) is 0 Å². The van der Waals surface area contributed by atoms with Gasteiger partial charge in [0.15, 0.2) is 0 Å². The molecule has 2 nitrogen and oxygen atoms in total. The minimum Gasteiger partial charge on any atom is -0.481 e. The van der Waals surface area contributed by atoms with E-state index in [1.54, 1.807) is 0 Å². The molecule has 0 unspecified atom stereocenters. The zero-order chi connectivity index (χ0) is 11.4. The highest BCUT2D eigenvalue weighted by Crippen LogP contribution is 2.26. The normalized spacial score (nSPS) is 10.3. The summed E-state index contributed by atoms with van der Waals surface area (Å²) in [5.41, 5.74) is 2.32. The second-order valence-electron chi connectivity index (χ2n) is 3.44. The first kappa shape index (κ1) is 12.7. The lowest BCUT2D eigenvalue weighted by molar-refractivity contribution is -0.137. The molecule has 0 aromatic heterocycles. The Morgan fingerprint density at radius 1 is 1.33 bits per heavy atom. The molecule has 0 saturated heterocycles. The van der Waals surface area contributed by atoms with Gasteiger partial charge in [-0.2, -0.15) is 0 Å². The highest BCUT2D eigenvalue weighted by Gasteiger charge is 2.05. The molecule has 1 N–H and O–H groups in total. The van der Waals surface area contributed by atoms with E-state index in [0.717, 1.165) is 20.9 Å². The first-order valence-electron chi connectivity index (χ1n) is 4.67. The van der Waals surface area contributed by atoms with Crippen LogP contribution in [0.1, 0.15) is 24.0 Å². The monoisotopic (exact) mass is 334 g/mol. The van der Waals surface area contributed by atoms with Crippen LogP contribution in [0.5, 0.6) is 0 Å². The summed E-state index contributed by atoms with van der Waals surface area (Å²) >= 11 is 6.94. The third kappa shape index (κ3) is 3.95. The largest absolute Gasteiger partial charge is 0.481 e. The van der Waals surface area contributed by atoms with Crippen LogP contribution in [-0.2, 0) is 11.2 Å². The molecule has 0 aliphatic rings. The molecule has 0 aliphatic carbocycles. The van der Waals surface area contributed by atoms with Crippen LogP contribution in [0.3, 0.4) is 0 Å². The van der Waals surface area contributed by atoms with Gasteiger partial charge in [0, 0.05) is 15.4 Å². The first-order valence-corrected chi connectivity index (χ1v) is 6.25. The molecule has 0 spiro atoms. The van der Waals surface area contributed by atoms with Gasteiger partial charge in [0.2, 0.25) is 0 Å². The van der Waals surface area contributed by atoms with Gasteiger partial charge in [0.1, 0.15) is 0 Å². The van der Waals surface area contributed by atoms with Crippen LogP contribution in [0.25, 0.3) is 0 Å². The maximum absolute atomic E-state index is 10.4. The molecule has 1 aromatic rings. The van der Waals surface area contributed by atoms with Crippen LogP contribution in [0.4, 0.5) is 0 Å². The maximum atomic E-state index is 10.4. The number of hydrogen-bond donors (Lipinski definition) is 1. The van der Waals surface area contributed by atoms with Crippen molar-refractivity contribution in [2.24, 2.45) is 0 Å². The highest BCUT2D eigenvalue weighted by molar-refractivity contribution is 9.11. The Labute approximate surface area is 106 Å². The number of aryl methyl sites for hydroxylation is 2. The Bertz CT molecular complexity index is 375. The zero-order valence-corrected chi connectivity index (χ0v) is 11.6. The maximum Gasteiger partial charge on any atom is 0.303 e. The van der Waals surface area contributed by atoms with E-state index in [-0.39, 0.29) is 6.42 Å². The van der Waals surface area contributed by atoms with E-state index in [9.17, 15) is 4.79 Å². The zero-order valence-electron chi connectivity index (χ0n) is 8.39. The topological polar surface area (TPSA) is 37.3 Å². The number of hydrogen-bond acceptors (Lipinski definition) is 1. The lowest BCUT2D eigenvalue weighted by Gasteiger charge is -2.06. The van der Waals surface area contributed by atoms with Gasteiger partial charge >= 0.3 is 5.97 Å². The van der Waals surface area contributed by atoms with E-state index in [2.05, 4.69) is 31.9 Å². The number of aliphatic carboxylic acids is 1. The van der Waals surface area contributed by atoms with Gasteiger partial charge in [0.25, 0.3) is 0 Å². The molecule has 0 fully saturated rings. The molecule has 0 heterocycles. The molecule has 1 aromatic carbocycles. The summed E-state index contributed by atoms with van der Waals surface area (Å²) in [4.78, 5) is 10.4. The molecule has 0 bridgehead atoms. The van der Waals surface area contributed by atoms with Crippen molar-refractivity contribution in [2.45, 2.75) is 26.2 Å². The van der Waals surface area contributed by atoms with Crippen molar-refractivity contribution in [2.75, 3.05) is 0 Å². The molecule has 4 heteroatoms. The second-order valence-corrected chi connectivity index (χ2v) is 5.15. The summed E-state index contributed by atoms with van der Waals surface area (Å²) in [5, 5.41) is 8.54. The third-order valence-electron chi connectivity index (χ3n) is 2.16. The summed E-state index contributed by atoms with van der Waals surface area (Å²) in [7, 11) is 0. The summed E-state index contributed by atoms with van der Waals surface area (Å²) in [6.45, 7) is 2.02. The SMILES string of the molecule is Cc1cc(Br)c(CCCC(=O)O)cc1Br. The van der Waals surface area contributed by atoms with Crippen LogP contribution in [0.15, 0.2) is 21.1 Å². The van der Waals surface area contributed by atoms with Crippen molar-refractivity contribution in [3.05, 3.63) is 32.2 Å². The minimum atomic E-state index is -0.739. The number of rotatable bonds is 4. The summed E-state index contributed by atoms with van der Waals surface area (Å²) < 4.78 is 2.12. The van der Waals surface area contributed by atoms with E-state index < -0.39 is 5.97 Å². The third-order valence-corrected chi connectivity index (χ3v) is 3.76. The fourth-order valence-corrected chi connectivity index (χ4v) is 2.36. The molecule has 0 atom stereocenters. The van der Waals surface area contributed by atoms with Crippen LogP contribution < -0.4 is 0 Å². The molecule has 82 valence electrons. The van der Waals surface area contributed by atoms with Crippen LogP contribution >= 0.6 is 31.9 Å². The van der Waals surface area contributed by atoms with Gasteiger partial charge in [-0.3, -0.25) is 4.79 Å². The Hall–Kier alpha value is -0.350. The first-order chi connectivity index (χ1) is 7.00. The second kappa shape index (κ2) is 5.66. The number of halogens is 2. The van der Waals surface area contributed by atoms with Crippen molar-refractivity contribution < 1.29 is 9.90 Å². The van der Waals surface area contributed by atoms with Gasteiger partial charge in [-0.1, -0.05) is 31.9 Å². The standard InChI is InChI=1S/C11H12Br2O2/c1-7-5-10(13)8(6-9(7)12)3-2-4-11(14)15/h5-6H,2-4H2,1H3,(H,14,15). The fraction of sp³-hybridized carbons (Fsp3) is 0.364. The Balaban J connectivity index is 2.69. The summed E-state index contributed by atoms with van der Waals surface area (Å²) in [5.74, 6) is -0.739. The van der Waals surface area contributed by atoms with E-state index in [1.165, 1.54) is 5.56 Å². The fourth-order valence-electron chi connectivity index (χ4n) is 1.31. The van der Waals surface area contributed by atoms with Crippen LogP contribution in [-0.4, -0.2) is 11.1 Å². The van der Waals surface area contributed by atoms with Gasteiger partial charge in [-0.25, -0.2) is 0 Å². The van der Waals surface area contributed by atoms with Crippen molar-refractivity contribution in [1.82, 2.24) is 0 Å². The van der Waals surface area contributed by atoms with Crippen molar-refractivity contribution >= 4 is 37.8 Å². The van der Waals surface area contributed by atoms with Crippen molar-refractivity contribution in [3.8, 4) is 0 Å². The number of carboxylic acids is 1. The predicted octanol–water partition coefficient (Wildman–Crippen LogP) is 3.93. The highest BCUT2D eigenvalue weighted by atomic mass is 79.9. The molecule has 0 saturated carbocycles. The lowest BCUT2D eigenvalue weighted by Crippen LogP contribution is -1.96. The smallest absolute Gasteiger partial charge is 0.303 e. The lowest BCUT2D eigenvalue weighted by atomic mass is 10.1. The van der Waals surface area contributed by atoms with Crippen LogP contribution in [0.2, 0.25) is 0 Å². The number of carboxylic acid groups (broad SMARTS) is 1. The van der Waals surface area contributed by atoms with E-state index in [0.29, 0.717) is 6.42 Å². The van der Waals surface area contributed by atoms with Crippen LogP contribution in [0, 0.1) is 6.92 Å². The molecule has 0 radical (unpaired) electrons. The Morgan fingerprint density at radius 3 is 2.60 bits per heavy atom. The Kier molecular flexibility index (Phi) is 4.80. The molecular weight excluding hydrogens is 324 g/mol. The van der Waals surface area contributed by atoms with Gasteiger partial charge < -0.3 is 5.11 Å². The summed E-state index contributed by atoms with van der Waals surface area (Å²) in [6, 6.07) is 4.08. The molecular formula is C11H12Br2O2. The predicted molar refractivity (Wildman–Crippen MR) is 67.2 cm³/mol. The van der Waals surface area contributed by atoms with E-state index >= 15 is 0 Å². The molecule has 1 rings (SSSR count). The number of carbonyl (C=O) groups is 1. The Morgan fingerprint density at radius 2 is 2.00 bits per heavy atom. The van der Waals surface area contributed by atoms with Gasteiger partial charge in [-0.15, -0.1) is 0 Å². The van der Waals surface area contributed by atoms with E-state index in [4.69, 9.17) is 5.11 Å². The van der Waals surface area contributed by atoms with E-state index in [1.807, 2.05) is 19.1 Å². The molecule has 15 heavy (non-hydrogen) atoms. The van der Waals surface area contributed by atoms with Gasteiger partial charge in [-0.05, 0) is 43.0 Å².